The van der Waals surface area contributed by atoms with E-state index in [4.69, 9.17) is 0 Å². The van der Waals surface area contributed by atoms with Gasteiger partial charge in [-0.3, -0.25) is 4.79 Å². The lowest BCUT2D eigenvalue weighted by molar-refractivity contribution is -0.158. The zero-order valence-electron chi connectivity index (χ0n) is 14.7. The standard InChI is InChI=1S/C19H29NO3.ClH/c1-3-20(4-2)15-14-19(17(21)22,16-10-6-5-7-11-16)18(23)12-8-9-13-18;/h5-7,10-11,23H,3-4,8-9,12-15H2,1-2H3,(H,21,22);1H. The van der Waals surface area contributed by atoms with Gasteiger partial charge < -0.3 is 15.1 Å². The van der Waals surface area contributed by atoms with Crippen molar-refractivity contribution >= 4 is 18.4 Å². The number of nitrogens with zero attached hydrogens (tertiary/aromatic N) is 1. The molecule has 2 N–H and O–H groups in total. The van der Waals surface area contributed by atoms with Gasteiger partial charge in [-0.1, -0.05) is 57.0 Å². The second-order valence-corrected chi connectivity index (χ2v) is 6.59. The molecule has 0 radical (unpaired) electrons. The fourth-order valence-corrected chi connectivity index (χ4v) is 4.05. The van der Waals surface area contributed by atoms with Gasteiger partial charge >= 0.3 is 5.97 Å². The Morgan fingerprint density at radius 3 is 2.17 bits per heavy atom. The van der Waals surface area contributed by atoms with E-state index in [-0.39, 0.29) is 12.4 Å². The van der Waals surface area contributed by atoms with Crippen LogP contribution in [0.25, 0.3) is 0 Å². The average Bonchev–Trinajstić information content (AvgIpc) is 3.00. The van der Waals surface area contributed by atoms with Crippen LogP contribution in [0.3, 0.4) is 0 Å². The van der Waals surface area contributed by atoms with E-state index in [1.54, 1.807) is 0 Å². The molecular weight excluding hydrogens is 326 g/mol. The van der Waals surface area contributed by atoms with Gasteiger partial charge in [0.15, 0.2) is 0 Å². The van der Waals surface area contributed by atoms with Crippen LogP contribution in [-0.4, -0.2) is 46.3 Å². The number of benzene rings is 1. The van der Waals surface area contributed by atoms with E-state index < -0.39 is 17.0 Å². The molecule has 0 saturated heterocycles. The summed E-state index contributed by atoms with van der Waals surface area (Å²) in [5.74, 6) is -0.903. The summed E-state index contributed by atoms with van der Waals surface area (Å²) in [4.78, 5) is 14.6. The van der Waals surface area contributed by atoms with Crippen LogP contribution in [0, 0.1) is 0 Å². The maximum atomic E-state index is 12.4. The lowest BCUT2D eigenvalue weighted by Crippen LogP contribution is -2.56. The van der Waals surface area contributed by atoms with Crippen LogP contribution < -0.4 is 0 Å². The van der Waals surface area contributed by atoms with Crippen LogP contribution in [0.15, 0.2) is 30.3 Å². The van der Waals surface area contributed by atoms with Gasteiger partial charge in [0, 0.05) is 0 Å². The zero-order chi connectivity index (χ0) is 16.9. The number of aliphatic carboxylic acids is 1. The minimum absolute atomic E-state index is 0. The van der Waals surface area contributed by atoms with Crippen LogP contribution in [0.1, 0.15) is 51.5 Å². The van der Waals surface area contributed by atoms with Crippen LogP contribution >= 0.6 is 12.4 Å². The second kappa shape index (κ2) is 8.84. The minimum Gasteiger partial charge on any atom is -0.480 e. The molecule has 1 unspecified atom stereocenters. The van der Waals surface area contributed by atoms with Crippen molar-refractivity contribution in [1.29, 1.82) is 0 Å². The van der Waals surface area contributed by atoms with Gasteiger partial charge in [-0.2, -0.15) is 0 Å². The van der Waals surface area contributed by atoms with Gasteiger partial charge in [0.1, 0.15) is 5.41 Å². The third-order valence-electron chi connectivity index (χ3n) is 5.55. The molecule has 0 spiro atoms. The predicted molar refractivity (Wildman–Crippen MR) is 98.8 cm³/mol. The Kier molecular flexibility index (Phi) is 7.71. The first kappa shape index (κ1) is 20.9. The first-order valence-corrected chi connectivity index (χ1v) is 8.74. The summed E-state index contributed by atoms with van der Waals surface area (Å²) in [5.41, 5.74) is -1.66. The SMILES string of the molecule is CCN(CC)CCC(C(=O)O)(c1ccccc1)C1(O)CCCC1.Cl. The number of halogens is 1. The number of hydrogen-bond donors (Lipinski definition) is 2. The van der Waals surface area contributed by atoms with Crippen molar-refractivity contribution in [2.75, 3.05) is 19.6 Å². The number of aliphatic hydroxyl groups is 1. The highest BCUT2D eigenvalue weighted by molar-refractivity contribution is 5.85. The maximum Gasteiger partial charge on any atom is 0.317 e. The maximum absolute atomic E-state index is 12.4. The van der Waals surface area contributed by atoms with E-state index in [0.717, 1.165) is 31.5 Å². The molecule has 0 amide bonds. The predicted octanol–water partition coefficient (Wildman–Crippen LogP) is 3.47. The molecule has 0 bridgehead atoms. The molecule has 136 valence electrons. The third kappa shape index (κ3) is 3.76. The minimum atomic E-state index is -1.23. The number of hydrogen-bond acceptors (Lipinski definition) is 3. The molecule has 1 atom stereocenters. The summed E-state index contributed by atoms with van der Waals surface area (Å²) >= 11 is 0. The molecular formula is C19H30ClNO3. The fraction of sp³-hybridized carbons (Fsp3) is 0.632. The van der Waals surface area contributed by atoms with Gasteiger partial charge in [-0.15, -0.1) is 12.4 Å². The topological polar surface area (TPSA) is 60.8 Å². The van der Waals surface area contributed by atoms with Gasteiger partial charge in [0.25, 0.3) is 0 Å². The van der Waals surface area contributed by atoms with Crippen LogP contribution in [-0.2, 0) is 10.2 Å². The summed E-state index contributed by atoms with van der Waals surface area (Å²) in [5, 5.41) is 21.5. The molecule has 1 aromatic rings. The van der Waals surface area contributed by atoms with E-state index in [2.05, 4.69) is 18.7 Å². The highest BCUT2D eigenvalue weighted by atomic mass is 35.5. The molecule has 1 aliphatic carbocycles. The van der Waals surface area contributed by atoms with E-state index >= 15 is 0 Å². The van der Waals surface area contributed by atoms with E-state index in [1.165, 1.54) is 0 Å². The van der Waals surface area contributed by atoms with Gasteiger partial charge in [-0.05, 0) is 44.5 Å². The molecule has 1 fully saturated rings. The highest BCUT2D eigenvalue weighted by Crippen LogP contribution is 2.48. The van der Waals surface area contributed by atoms with Gasteiger partial charge in [0.05, 0.1) is 5.60 Å². The van der Waals surface area contributed by atoms with Crippen LogP contribution in [0.5, 0.6) is 0 Å². The first-order valence-electron chi connectivity index (χ1n) is 8.74. The summed E-state index contributed by atoms with van der Waals surface area (Å²) in [6.45, 7) is 6.62. The van der Waals surface area contributed by atoms with Crippen molar-refractivity contribution in [3.63, 3.8) is 0 Å². The Labute approximate surface area is 151 Å². The summed E-state index contributed by atoms with van der Waals surface area (Å²) < 4.78 is 0. The molecule has 2 rings (SSSR count). The van der Waals surface area contributed by atoms with Crippen molar-refractivity contribution in [3.8, 4) is 0 Å². The van der Waals surface area contributed by atoms with Crippen molar-refractivity contribution in [3.05, 3.63) is 35.9 Å². The van der Waals surface area contributed by atoms with E-state index in [1.807, 2.05) is 30.3 Å². The zero-order valence-corrected chi connectivity index (χ0v) is 15.5. The monoisotopic (exact) mass is 355 g/mol. The summed E-state index contributed by atoms with van der Waals surface area (Å²) in [6, 6.07) is 9.32. The van der Waals surface area contributed by atoms with Crippen molar-refractivity contribution < 1.29 is 15.0 Å². The number of carbonyl (C=O) groups is 1. The Bertz CT molecular complexity index is 513. The lowest BCUT2D eigenvalue weighted by Gasteiger charge is -2.43. The van der Waals surface area contributed by atoms with Gasteiger partial charge in [-0.25, -0.2) is 0 Å². The van der Waals surface area contributed by atoms with E-state index in [9.17, 15) is 15.0 Å². The highest BCUT2D eigenvalue weighted by Gasteiger charge is 2.57. The van der Waals surface area contributed by atoms with Gasteiger partial charge in [0.2, 0.25) is 0 Å². The smallest absolute Gasteiger partial charge is 0.317 e. The Balaban J connectivity index is 0.00000288. The van der Waals surface area contributed by atoms with Crippen molar-refractivity contribution in [1.82, 2.24) is 4.90 Å². The molecule has 1 aromatic carbocycles. The molecule has 5 heteroatoms. The molecule has 24 heavy (non-hydrogen) atoms. The number of carboxylic acids is 1. The quantitative estimate of drug-likeness (QED) is 0.749. The van der Waals surface area contributed by atoms with Crippen molar-refractivity contribution in [2.45, 2.75) is 57.0 Å². The molecule has 1 saturated carbocycles. The Morgan fingerprint density at radius 2 is 1.71 bits per heavy atom. The van der Waals surface area contributed by atoms with Crippen LogP contribution in [0.2, 0.25) is 0 Å². The second-order valence-electron chi connectivity index (χ2n) is 6.59. The van der Waals surface area contributed by atoms with Crippen molar-refractivity contribution in [2.24, 2.45) is 0 Å². The molecule has 0 aromatic heterocycles. The Hall–Kier alpha value is -1.10. The number of rotatable bonds is 8. The first-order chi connectivity index (χ1) is 11.0. The fourth-order valence-electron chi connectivity index (χ4n) is 4.05. The van der Waals surface area contributed by atoms with E-state index in [0.29, 0.717) is 25.8 Å². The number of carboxylic acid groups (broad SMARTS) is 1. The molecule has 0 heterocycles. The lowest BCUT2D eigenvalue weighted by atomic mass is 9.64. The Morgan fingerprint density at radius 1 is 1.17 bits per heavy atom. The molecule has 4 nitrogen and oxygen atoms in total. The largest absolute Gasteiger partial charge is 0.480 e. The summed E-state index contributed by atoms with van der Waals surface area (Å²) in [6.07, 6.45) is 3.34. The molecule has 1 aliphatic rings. The molecule has 0 aliphatic heterocycles. The summed E-state index contributed by atoms with van der Waals surface area (Å²) in [7, 11) is 0. The average molecular weight is 356 g/mol. The third-order valence-corrected chi connectivity index (χ3v) is 5.55. The van der Waals surface area contributed by atoms with Crippen LogP contribution in [0.4, 0.5) is 0 Å². The normalized spacial score (nSPS) is 18.8.